The van der Waals surface area contributed by atoms with Gasteiger partial charge in [0.05, 0.1) is 6.61 Å². The van der Waals surface area contributed by atoms with Gasteiger partial charge in [-0.1, -0.05) is 6.07 Å². The minimum atomic E-state index is -0.667. The average molecular weight is 389 g/mol. The fraction of sp³-hybridized carbons (Fsp3) is 0.357. The molecule has 108 valence electrons. The maximum absolute atomic E-state index is 11.9. The molecular formula is C14H16INO4. The Morgan fingerprint density at radius 3 is 2.85 bits per heavy atom. The van der Waals surface area contributed by atoms with Crippen molar-refractivity contribution in [3.05, 3.63) is 39.6 Å². The van der Waals surface area contributed by atoms with Gasteiger partial charge in [0.2, 0.25) is 0 Å². The van der Waals surface area contributed by atoms with E-state index < -0.39 is 12.3 Å². The molecule has 2 rings (SSSR count). The molecule has 0 radical (unpaired) electrons. The van der Waals surface area contributed by atoms with Gasteiger partial charge in [0.1, 0.15) is 5.57 Å². The third kappa shape index (κ3) is 3.94. The van der Waals surface area contributed by atoms with E-state index >= 15 is 0 Å². The second-order valence-electron chi connectivity index (χ2n) is 4.15. The number of ether oxygens (including phenoxy) is 3. The number of hydrogen-bond acceptors (Lipinski definition) is 5. The highest BCUT2D eigenvalue weighted by molar-refractivity contribution is 14.1. The standard InChI is InChI=1S/C14H16INO4/c1-3-18-13(17)12(14-19-9(2)20-14)8-16-11-6-4-5-10(15)7-11/h4-9,14,16H,3H2,1-2H3/b12-8-. The van der Waals surface area contributed by atoms with Gasteiger partial charge in [0.25, 0.3) is 0 Å². The molecule has 0 atom stereocenters. The molecule has 1 aliphatic heterocycles. The summed E-state index contributed by atoms with van der Waals surface area (Å²) in [5.74, 6) is -0.442. The number of benzene rings is 1. The number of esters is 1. The first-order valence-electron chi connectivity index (χ1n) is 6.30. The van der Waals surface area contributed by atoms with Gasteiger partial charge in [0.15, 0.2) is 12.6 Å². The van der Waals surface area contributed by atoms with Crippen LogP contribution in [0.3, 0.4) is 0 Å². The molecule has 1 aromatic rings. The lowest BCUT2D eigenvalue weighted by molar-refractivity contribution is -0.358. The molecule has 0 aliphatic carbocycles. The van der Waals surface area contributed by atoms with Gasteiger partial charge in [-0.3, -0.25) is 0 Å². The largest absolute Gasteiger partial charge is 0.462 e. The minimum absolute atomic E-state index is 0.296. The lowest BCUT2D eigenvalue weighted by Gasteiger charge is -2.34. The van der Waals surface area contributed by atoms with Crippen molar-refractivity contribution >= 4 is 34.2 Å². The second-order valence-corrected chi connectivity index (χ2v) is 5.39. The Bertz CT molecular complexity index is 512. The van der Waals surface area contributed by atoms with Crippen molar-refractivity contribution in [1.29, 1.82) is 0 Å². The quantitative estimate of drug-likeness (QED) is 0.477. The van der Waals surface area contributed by atoms with Gasteiger partial charge in [-0.15, -0.1) is 0 Å². The van der Waals surface area contributed by atoms with Crippen LogP contribution in [0.4, 0.5) is 5.69 Å². The molecule has 0 bridgehead atoms. The van der Waals surface area contributed by atoms with E-state index in [2.05, 4.69) is 27.9 Å². The number of rotatable bonds is 5. The van der Waals surface area contributed by atoms with Crippen LogP contribution in [-0.2, 0) is 19.0 Å². The van der Waals surface area contributed by atoms with E-state index in [4.69, 9.17) is 14.2 Å². The normalized spacial score (nSPS) is 22.1. The number of halogens is 1. The SMILES string of the molecule is CCOC(=O)/C(=C/Nc1cccc(I)c1)C1OC(C)O1. The molecular weight excluding hydrogens is 373 g/mol. The van der Waals surface area contributed by atoms with Gasteiger partial charge in [-0.2, -0.15) is 0 Å². The molecule has 0 aromatic heterocycles. The van der Waals surface area contributed by atoms with Crippen molar-refractivity contribution in [2.24, 2.45) is 0 Å². The molecule has 0 unspecified atom stereocenters. The summed E-state index contributed by atoms with van der Waals surface area (Å²) in [5, 5.41) is 3.06. The molecule has 1 fully saturated rings. The summed E-state index contributed by atoms with van der Waals surface area (Å²) in [4.78, 5) is 11.9. The van der Waals surface area contributed by atoms with Gasteiger partial charge in [0, 0.05) is 15.5 Å². The molecule has 1 heterocycles. The van der Waals surface area contributed by atoms with Crippen LogP contribution in [-0.4, -0.2) is 25.2 Å². The number of nitrogens with one attached hydrogen (secondary N) is 1. The molecule has 6 heteroatoms. The average Bonchev–Trinajstić information content (AvgIpc) is 2.37. The van der Waals surface area contributed by atoms with E-state index in [0.29, 0.717) is 12.2 Å². The van der Waals surface area contributed by atoms with E-state index in [1.54, 1.807) is 20.0 Å². The van der Waals surface area contributed by atoms with Crippen LogP contribution in [0.25, 0.3) is 0 Å². The van der Waals surface area contributed by atoms with Crippen molar-refractivity contribution in [1.82, 2.24) is 0 Å². The van der Waals surface area contributed by atoms with Crippen LogP contribution in [0, 0.1) is 3.57 Å². The summed E-state index contributed by atoms with van der Waals surface area (Å²) >= 11 is 2.22. The van der Waals surface area contributed by atoms with Crippen molar-refractivity contribution in [2.45, 2.75) is 26.4 Å². The van der Waals surface area contributed by atoms with Crippen molar-refractivity contribution in [3.63, 3.8) is 0 Å². The first-order chi connectivity index (χ1) is 9.60. The van der Waals surface area contributed by atoms with Crippen molar-refractivity contribution in [2.75, 3.05) is 11.9 Å². The third-order valence-electron chi connectivity index (χ3n) is 2.61. The summed E-state index contributed by atoms with van der Waals surface area (Å²) in [6.07, 6.45) is 0.606. The fourth-order valence-electron chi connectivity index (χ4n) is 1.68. The highest BCUT2D eigenvalue weighted by atomic mass is 127. The van der Waals surface area contributed by atoms with E-state index in [9.17, 15) is 4.79 Å². The van der Waals surface area contributed by atoms with E-state index in [-0.39, 0.29) is 6.29 Å². The zero-order valence-corrected chi connectivity index (χ0v) is 13.4. The highest BCUT2D eigenvalue weighted by Gasteiger charge is 2.34. The second kappa shape index (κ2) is 7.05. The van der Waals surface area contributed by atoms with Gasteiger partial charge in [-0.25, -0.2) is 4.79 Å². The van der Waals surface area contributed by atoms with E-state index in [1.807, 2.05) is 24.3 Å². The number of carbonyl (C=O) groups excluding carboxylic acids is 1. The Morgan fingerprint density at radius 2 is 2.25 bits per heavy atom. The van der Waals surface area contributed by atoms with Crippen LogP contribution >= 0.6 is 22.6 Å². The maximum Gasteiger partial charge on any atom is 0.340 e. The summed E-state index contributed by atoms with van der Waals surface area (Å²) in [5.41, 5.74) is 1.20. The maximum atomic E-state index is 11.9. The topological polar surface area (TPSA) is 56.8 Å². The Kier molecular flexibility index (Phi) is 5.38. The van der Waals surface area contributed by atoms with E-state index in [1.165, 1.54) is 0 Å². The Morgan fingerprint density at radius 1 is 1.50 bits per heavy atom. The molecule has 5 nitrogen and oxygen atoms in total. The van der Waals surface area contributed by atoms with Crippen molar-refractivity contribution in [3.8, 4) is 0 Å². The molecule has 0 saturated carbocycles. The number of hydrogen-bond donors (Lipinski definition) is 1. The van der Waals surface area contributed by atoms with Crippen molar-refractivity contribution < 1.29 is 19.0 Å². The van der Waals surface area contributed by atoms with Crippen LogP contribution in [0.2, 0.25) is 0 Å². The molecule has 1 aliphatic rings. The van der Waals surface area contributed by atoms with Crippen LogP contribution in [0.5, 0.6) is 0 Å². The third-order valence-corrected chi connectivity index (χ3v) is 3.29. The predicted molar refractivity (Wildman–Crippen MR) is 82.9 cm³/mol. The molecule has 20 heavy (non-hydrogen) atoms. The first-order valence-corrected chi connectivity index (χ1v) is 7.38. The number of anilines is 1. The minimum Gasteiger partial charge on any atom is -0.462 e. The zero-order chi connectivity index (χ0) is 14.5. The molecule has 0 spiro atoms. The van der Waals surface area contributed by atoms with Gasteiger partial charge >= 0.3 is 5.97 Å². The molecule has 1 N–H and O–H groups in total. The lowest BCUT2D eigenvalue weighted by Crippen LogP contribution is -2.42. The van der Waals surface area contributed by atoms with Gasteiger partial charge in [-0.05, 0) is 54.6 Å². The first kappa shape index (κ1) is 15.3. The summed E-state index contributed by atoms with van der Waals surface area (Å²) in [6.45, 7) is 3.83. The Hall–Kier alpha value is -1.12. The van der Waals surface area contributed by atoms with Crippen LogP contribution < -0.4 is 5.32 Å². The van der Waals surface area contributed by atoms with Gasteiger partial charge < -0.3 is 19.5 Å². The monoisotopic (exact) mass is 389 g/mol. The molecule has 1 saturated heterocycles. The number of carbonyl (C=O) groups is 1. The summed E-state index contributed by atoms with van der Waals surface area (Å²) in [6, 6.07) is 7.79. The summed E-state index contributed by atoms with van der Waals surface area (Å²) < 4.78 is 16.8. The smallest absolute Gasteiger partial charge is 0.340 e. The zero-order valence-electron chi connectivity index (χ0n) is 11.3. The Balaban J connectivity index is 2.09. The van der Waals surface area contributed by atoms with Crippen LogP contribution in [0.1, 0.15) is 13.8 Å². The Labute approximate surface area is 131 Å². The predicted octanol–water partition coefficient (Wildman–Crippen LogP) is 2.87. The molecule has 0 amide bonds. The lowest BCUT2D eigenvalue weighted by atomic mass is 10.2. The fourth-order valence-corrected chi connectivity index (χ4v) is 2.22. The highest BCUT2D eigenvalue weighted by Crippen LogP contribution is 2.24. The van der Waals surface area contributed by atoms with E-state index in [0.717, 1.165) is 9.26 Å². The van der Waals surface area contributed by atoms with Crippen LogP contribution in [0.15, 0.2) is 36.0 Å². The molecule has 1 aromatic carbocycles. The summed E-state index contributed by atoms with van der Waals surface area (Å²) in [7, 11) is 0.